The van der Waals surface area contributed by atoms with Crippen LogP contribution in [0, 0.1) is 0 Å². The van der Waals surface area contributed by atoms with Crippen LogP contribution in [0.25, 0.3) is 0 Å². The van der Waals surface area contributed by atoms with Crippen molar-refractivity contribution in [1.82, 2.24) is 5.32 Å². The van der Waals surface area contributed by atoms with Gasteiger partial charge in [0.25, 0.3) is 0 Å². The smallest absolute Gasteiger partial charge is 0.220 e. The zero-order valence-electron chi connectivity index (χ0n) is 18.6. The summed E-state index contributed by atoms with van der Waals surface area (Å²) in [6.45, 7) is -0.571. The van der Waals surface area contributed by atoms with E-state index < -0.39 is 12.1 Å². The number of carbonyl (C=O) groups excluding carboxylic acids is 2. The number of hydrogen-bond acceptors (Lipinski definition) is 5. The predicted octanol–water partition coefficient (Wildman–Crippen LogP) is 2.78. The summed E-state index contributed by atoms with van der Waals surface area (Å²) in [5, 5.41) is 30.8. The molecule has 0 heterocycles. The fraction of sp³-hybridized carbons (Fsp3) is 0.462. The highest BCUT2D eigenvalue weighted by Gasteiger charge is 2.20. The van der Waals surface area contributed by atoms with Crippen molar-refractivity contribution >= 4 is 11.7 Å². The largest absolute Gasteiger partial charge is 0.394 e. The molecule has 1 amide bonds. The van der Waals surface area contributed by atoms with Crippen LogP contribution in [0.5, 0.6) is 0 Å². The lowest BCUT2D eigenvalue weighted by atomic mass is 10.0. The van der Waals surface area contributed by atoms with Crippen molar-refractivity contribution in [1.29, 1.82) is 0 Å². The van der Waals surface area contributed by atoms with Crippen LogP contribution in [0.1, 0.15) is 50.5 Å². The Morgan fingerprint density at radius 2 is 1.84 bits per heavy atom. The maximum atomic E-state index is 12.2. The van der Waals surface area contributed by atoms with E-state index in [1.807, 2.05) is 48.6 Å². The third-order valence-electron chi connectivity index (χ3n) is 5.51. The molecule has 1 aliphatic carbocycles. The van der Waals surface area contributed by atoms with E-state index in [9.17, 15) is 14.7 Å². The monoisotopic (exact) mass is 441 g/mol. The van der Waals surface area contributed by atoms with Gasteiger partial charge in [-0.2, -0.15) is 0 Å². The van der Waals surface area contributed by atoms with Crippen LogP contribution < -0.4 is 5.32 Å². The fourth-order valence-electron chi connectivity index (χ4n) is 3.59. The van der Waals surface area contributed by atoms with Crippen molar-refractivity contribution in [3.8, 4) is 0 Å². The Morgan fingerprint density at radius 1 is 1.09 bits per heavy atom. The molecule has 0 unspecified atom stereocenters. The molecule has 1 aromatic carbocycles. The minimum Gasteiger partial charge on any atom is -0.394 e. The Morgan fingerprint density at radius 3 is 2.56 bits per heavy atom. The number of Topliss-reactive ketones (excluding diaryl/α,β-unsaturated/α-hetero) is 1. The summed E-state index contributed by atoms with van der Waals surface area (Å²) in [6.07, 6.45) is 12.0. The lowest BCUT2D eigenvalue weighted by molar-refractivity contribution is -0.122. The van der Waals surface area contributed by atoms with Gasteiger partial charge in [0, 0.05) is 18.4 Å². The molecule has 1 aliphatic rings. The molecule has 0 bridgehead atoms. The minimum atomic E-state index is -0.610. The summed E-state index contributed by atoms with van der Waals surface area (Å²) in [5.41, 5.74) is 3.00. The number of allylic oxidation sites excluding steroid dienone is 5. The van der Waals surface area contributed by atoms with Crippen molar-refractivity contribution in [2.75, 3.05) is 13.2 Å². The Hall–Kier alpha value is -2.54. The van der Waals surface area contributed by atoms with Gasteiger partial charge >= 0.3 is 0 Å². The standard InChI is InChI=1S/C26H35NO5/c28-18-22(19-29)27-26(32)11-7-2-1-6-10-24-21(14-17-25(24)31)13-16-23(30)15-12-20-8-4-3-5-9-20/h1,3-6,8-9,13,16,22-23,28-30H,2,7,10-12,14-15,17-19H2,(H,27,32)/b6-1-,16-13+/t23-/m0/s1. The van der Waals surface area contributed by atoms with E-state index in [2.05, 4.69) is 5.32 Å². The molecule has 0 radical (unpaired) electrons. The number of nitrogens with one attached hydrogen (secondary N) is 1. The van der Waals surface area contributed by atoms with Gasteiger partial charge in [-0.1, -0.05) is 54.6 Å². The Bertz CT molecular complexity index is 809. The van der Waals surface area contributed by atoms with Gasteiger partial charge in [-0.3, -0.25) is 9.59 Å². The van der Waals surface area contributed by atoms with Gasteiger partial charge in [-0.15, -0.1) is 0 Å². The van der Waals surface area contributed by atoms with Gasteiger partial charge in [0.1, 0.15) is 0 Å². The summed E-state index contributed by atoms with van der Waals surface area (Å²) in [4.78, 5) is 23.9. The van der Waals surface area contributed by atoms with Crippen molar-refractivity contribution in [3.63, 3.8) is 0 Å². The summed E-state index contributed by atoms with van der Waals surface area (Å²) in [5.74, 6) is -0.0371. The fourth-order valence-corrected chi connectivity index (χ4v) is 3.59. The average Bonchev–Trinajstić information content (AvgIpc) is 3.16. The molecule has 1 atom stereocenters. The molecule has 174 valence electrons. The molecule has 0 saturated heterocycles. The lowest BCUT2D eigenvalue weighted by Crippen LogP contribution is -2.39. The van der Waals surface area contributed by atoms with Crippen LogP contribution in [0.15, 0.2) is 65.8 Å². The van der Waals surface area contributed by atoms with E-state index in [0.717, 1.165) is 17.6 Å². The number of aryl methyl sites for hydroxylation is 1. The third kappa shape index (κ3) is 9.30. The first kappa shape index (κ1) is 25.7. The first-order chi connectivity index (χ1) is 15.5. The second kappa shape index (κ2) is 14.5. The topological polar surface area (TPSA) is 107 Å². The van der Waals surface area contributed by atoms with Gasteiger partial charge in [-0.05, 0) is 49.7 Å². The number of carbonyl (C=O) groups is 2. The van der Waals surface area contributed by atoms with Gasteiger partial charge in [0.15, 0.2) is 5.78 Å². The quantitative estimate of drug-likeness (QED) is 0.262. The number of rotatable bonds is 14. The van der Waals surface area contributed by atoms with E-state index >= 15 is 0 Å². The first-order valence-electron chi connectivity index (χ1n) is 11.3. The van der Waals surface area contributed by atoms with Crippen LogP contribution in [-0.4, -0.2) is 52.4 Å². The zero-order chi connectivity index (χ0) is 23.2. The Balaban J connectivity index is 1.75. The summed E-state index contributed by atoms with van der Waals surface area (Å²) >= 11 is 0. The van der Waals surface area contributed by atoms with Gasteiger partial charge in [0.2, 0.25) is 5.91 Å². The molecule has 4 N–H and O–H groups in total. The predicted molar refractivity (Wildman–Crippen MR) is 125 cm³/mol. The summed E-state index contributed by atoms with van der Waals surface area (Å²) in [6, 6.07) is 9.44. The summed E-state index contributed by atoms with van der Waals surface area (Å²) in [7, 11) is 0. The SMILES string of the molecule is O=C(CCC/C=C\CC1=C(/C=C/[C@@H](O)CCc2ccccc2)CCC1=O)NC(CO)CO. The number of unbranched alkanes of at least 4 members (excludes halogenated alkanes) is 1. The number of benzene rings is 1. The first-order valence-corrected chi connectivity index (χ1v) is 11.3. The summed E-state index contributed by atoms with van der Waals surface area (Å²) < 4.78 is 0. The molecule has 1 aromatic rings. The highest BCUT2D eigenvalue weighted by atomic mass is 16.3. The number of amides is 1. The highest BCUT2D eigenvalue weighted by molar-refractivity contribution is 5.99. The molecule has 0 spiro atoms. The number of aliphatic hydroxyl groups excluding tert-OH is 3. The highest BCUT2D eigenvalue weighted by Crippen LogP contribution is 2.27. The van der Waals surface area contributed by atoms with Crippen molar-refractivity contribution < 1.29 is 24.9 Å². The van der Waals surface area contributed by atoms with E-state index in [1.54, 1.807) is 6.08 Å². The van der Waals surface area contributed by atoms with E-state index in [1.165, 1.54) is 5.56 Å². The molecule has 6 heteroatoms. The van der Waals surface area contributed by atoms with Crippen molar-refractivity contribution in [3.05, 3.63) is 71.3 Å². The van der Waals surface area contributed by atoms with Crippen LogP contribution in [0.4, 0.5) is 0 Å². The molecule has 0 aromatic heterocycles. The van der Waals surface area contributed by atoms with Crippen LogP contribution in [-0.2, 0) is 16.0 Å². The van der Waals surface area contributed by atoms with Crippen molar-refractivity contribution in [2.24, 2.45) is 0 Å². The average molecular weight is 442 g/mol. The minimum absolute atomic E-state index is 0.159. The van der Waals surface area contributed by atoms with E-state index in [4.69, 9.17) is 10.2 Å². The van der Waals surface area contributed by atoms with Crippen LogP contribution in [0.2, 0.25) is 0 Å². The normalized spacial score (nSPS) is 15.4. The van der Waals surface area contributed by atoms with Gasteiger partial charge in [0.05, 0.1) is 25.4 Å². The molecule has 6 nitrogen and oxygen atoms in total. The number of hydrogen-bond donors (Lipinski definition) is 4. The van der Waals surface area contributed by atoms with E-state index in [-0.39, 0.29) is 24.9 Å². The zero-order valence-corrected chi connectivity index (χ0v) is 18.6. The molecule has 2 rings (SSSR count). The molecule has 0 aliphatic heterocycles. The Kier molecular flexibility index (Phi) is 11.7. The van der Waals surface area contributed by atoms with Gasteiger partial charge < -0.3 is 20.6 Å². The van der Waals surface area contributed by atoms with Crippen LogP contribution in [0.3, 0.4) is 0 Å². The molecule has 32 heavy (non-hydrogen) atoms. The second-order valence-corrected chi connectivity index (χ2v) is 8.08. The Labute approximate surface area is 190 Å². The maximum absolute atomic E-state index is 12.2. The molecular weight excluding hydrogens is 406 g/mol. The number of aliphatic hydroxyl groups is 3. The lowest BCUT2D eigenvalue weighted by Gasteiger charge is -2.12. The van der Waals surface area contributed by atoms with Crippen LogP contribution >= 0.6 is 0 Å². The van der Waals surface area contributed by atoms with E-state index in [0.29, 0.717) is 44.9 Å². The molecule has 0 saturated carbocycles. The molecular formula is C26H35NO5. The maximum Gasteiger partial charge on any atom is 0.220 e. The van der Waals surface area contributed by atoms with Gasteiger partial charge in [-0.25, -0.2) is 0 Å². The van der Waals surface area contributed by atoms with Crippen molar-refractivity contribution in [2.45, 2.75) is 63.5 Å². The second-order valence-electron chi connectivity index (χ2n) is 8.08. The third-order valence-corrected chi connectivity index (χ3v) is 5.51. The number of ketones is 1. The molecule has 0 fully saturated rings.